The van der Waals surface area contributed by atoms with E-state index in [1.807, 2.05) is 11.8 Å². The van der Waals surface area contributed by atoms with Gasteiger partial charge in [0.05, 0.1) is 12.4 Å². The van der Waals surface area contributed by atoms with Crippen LogP contribution in [0, 0.1) is 0 Å². The van der Waals surface area contributed by atoms with Crippen molar-refractivity contribution in [2.24, 2.45) is 0 Å². The van der Waals surface area contributed by atoms with Crippen molar-refractivity contribution in [1.29, 1.82) is 0 Å². The number of nitrogens with one attached hydrogen (secondary N) is 2. The molecule has 18 heavy (non-hydrogen) atoms. The fourth-order valence-corrected chi connectivity index (χ4v) is 2.92. The second-order valence-corrected chi connectivity index (χ2v) is 5.52. The lowest BCUT2D eigenvalue weighted by Gasteiger charge is -2.12. The average molecular weight is 266 g/mol. The van der Waals surface area contributed by atoms with Crippen LogP contribution in [0.15, 0.2) is 12.4 Å². The molecule has 1 aliphatic carbocycles. The molecule has 0 spiro atoms. The van der Waals surface area contributed by atoms with Gasteiger partial charge in [-0.15, -0.1) is 0 Å². The quantitative estimate of drug-likeness (QED) is 0.865. The van der Waals surface area contributed by atoms with E-state index in [4.69, 9.17) is 0 Å². The summed E-state index contributed by atoms with van der Waals surface area (Å²) >= 11 is 1.88. The molecule has 2 atom stereocenters. The van der Waals surface area contributed by atoms with Crippen LogP contribution in [0.4, 0.5) is 5.82 Å². The molecular weight excluding hydrogens is 248 g/mol. The molecule has 5 nitrogen and oxygen atoms in total. The molecule has 0 aromatic carbocycles. The molecule has 2 rings (SSSR count). The van der Waals surface area contributed by atoms with Gasteiger partial charge in [-0.1, -0.05) is 0 Å². The number of thioether (sulfide) groups is 1. The topological polar surface area (TPSA) is 66.9 Å². The minimum atomic E-state index is -0.128. The number of anilines is 1. The molecule has 98 valence electrons. The number of carbonyl (C=O) groups is 1. The van der Waals surface area contributed by atoms with E-state index >= 15 is 0 Å². The maximum atomic E-state index is 12.0. The zero-order chi connectivity index (χ0) is 13.0. The monoisotopic (exact) mass is 266 g/mol. The molecule has 1 aromatic heterocycles. The van der Waals surface area contributed by atoms with Gasteiger partial charge in [-0.2, -0.15) is 11.8 Å². The number of amides is 1. The van der Waals surface area contributed by atoms with Gasteiger partial charge < -0.3 is 10.6 Å². The van der Waals surface area contributed by atoms with E-state index < -0.39 is 0 Å². The van der Waals surface area contributed by atoms with Gasteiger partial charge in [0, 0.05) is 18.3 Å². The Hall–Kier alpha value is -1.30. The van der Waals surface area contributed by atoms with Crippen LogP contribution in [0.25, 0.3) is 0 Å². The SMILES string of the molecule is CNc1cnc(C(=O)NC2CCC(SC)C2)cn1. The van der Waals surface area contributed by atoms with Crippen molar-refractivity contribution in [3.8, 4) is 0 Å². The second kappa shape index (κ2) is 6.04. The Morgan fingerprint density at radius 2 is 2.22 bits per heavy atom. The molecule has 1 saturated carbocycles. The Balaban J connectivity index is 1.91. The summed E-state index contributed by atoms with van der Waals surface area (Å²) < 4.78 is 0. The third kappa shape index (κ3) is 3.13. The summed E-state index contributed by atoms with van der Waals surface area (Å²) in [4.78, 5) is 20.1. The van der Waals surface area contributed by atoms with E-state index in [1.165, 1.54) is 12.6 Å². The summed E-state index contributed by atoms with van der Waals surface area (Å²) in [6, 6.07) is 0.278. The Bertz CT molecular complexity index is 409. The van der Waals surface area contributed by atoms with Crippen LogP contribution >= 0.6 is 11.8 Å². The van der Waals surface area contributed by atoms with Crippen molar-refractivity contribution < 1.29 is 4.79 Å². The first kappa shape index (κ1) is 13.1. The van der Waals surface area contributed by atoms with E-state index in [-0.39, 0.29) is 11.9 Å². The molecule has 0 saturated heterocycles. The standard InChI is InChI=1S/C12H18N4OS/c1-13-11-7-14-10(6-15-11)12(17)16-8-3-4-9(5-8)18-2/h6-9H,3-5H2,1-2H3,(H,13,15)(H,16,17). The molecular formula is C12H18N4OS. The van der Waals surface area contributed by atoms with Gasteiger partial charge in [0.2, 0.25) is 0 Å². The van der Waals surface area contributed by atoms with Crippen molar-refractivity contribution in [3.05, 3.63) is 18.1 Å². The molecule has 1 amide bonds. The highest BCUT2D eigenvalue weighted by Crippen LogP contribution is 2.28. The third-order valence-electron chi connectivity index (χ3n) is 3.19. The van der Waals surface area contributed by atoms with E-state index in [2.05, 4.69) is 26.9 Å². The van der Waals surface area contributed by atoms with Gasteiger partial charge in [0.25, 0.3) is 5.91 Å². The highest BCUT2D eigenvalue weighted by Gasteiger charge is 2.25. The highest BCUT2D eigenvalue weighted by atomic mass is 32.2. The average Bonchev–Trinajstić information content (AvgIpc) is 2.86. The molecule has 1 heterocycles. The van der Waals surface area contributed by atoms with Crippen LogP contribution in [0.2, 0.25) is 0 Å². The predicted molar refractivity (Wildman–Crippen MR) is 74.0 cm³/mol. The van der Waals surface area contributed by atoms with Crippen LogP contribution in [-0.2, 0) is 0 Å². The molecule has 1 fully saturated rings. The minimum absolute atomic E-state index is 0.128. The smallest absolute Gasteiger partial charge is 0.271 e. The fraction of sp³-hybridized carbons (Fsp3) is 0.583. The number of aromatic nitrogens is 2. The second-order valence-electron chi connectivity index (χ2n) is 4.38. The third-order valence-corrected chi connectivity index (χ3v) is 4.29. The lowest BCUT2D eigenvalue weighted by atomic mass is 10.2. The summed E-state index contributed by atoms with van der Waals surface area (Å²) in [7, 11) is 1.77. The first-order valence-electron chi connectivity index (χ1n) is 6.06. The highest BCUT2D eigenvalue weighted by molar-refractivity contribution is 7.99. The van der Waals surface area contributed by atoms with Crippen molar-refractivity contribution >= 4 is 23.5 Å². The molecule has 6 heteroatoms. The Kier molecular flexibility index (Phi) is 4.41. The van der Waals surface area contributed by atoms with E-state index in [0.717, 1.165) is 12.8 Å². The largest absolute Gasteiger partial charge is 0.372 e. The van der Waals surface area contributed by atoms with Crippen LogP contribution in [0.3, 0.4) is 0 Å². The van der Waals surface area contributed by atoms with Gasteiger partial charge >= 0.3 is 0 Å². The zero-order valence-electron chi connectivity index (χ0n) is 10.6. The molecule has 2 N–H and O–H groups in total. The summed E-state index contributed by atoms with van der Waals surface area (Å²) in [5, 5.41) is 6.57. The first-order chi connectivity index (χ1) is 8.72. The number of hydrogen-bond acceptors (Lipinski definition) is 5. The van der Waals surface area contributed by atoms with Crippen molar-refractivity contribution in [2.75, 3.05) is 18.6 Å². The lowest BCUT2D eigenvalue weighted by Crippen LogP contribution is -2.33. The molecule has 1 aromatic rings. The molecule has 1 aliphatic rings. The van der Waals surface area contributed by atoms with E-state index in [9.17, 15) is 4.79 Å². The summed E-state index contributed by atoms with van der Waals surface area (Å²) in [6.07, 6.45) is 8.47. The Morgan fingerprint density at radius 3 is 2.78 bits per heavy atom. The van der Waals surface area contributed by atoms with E-state index in [1.54, 1.807) is 13.2 Å². The predicted octanol–water partition coefficient (Wildman–Crippen LogP) is 1.53. The van der Waals surface area contributed by atoms with E-state index in [0.29, 0.717) is 16.8 Å². The van der Waals surface area contributed by atoms with Crippen molar-refractivity contribution in [2.45, 2.75) is 30.6 Å². The van der Waals surface area contributed by atoms with Gasteiger partial charge in [-0.25, -0.2) is 9.97 Å². The Morgan fingerprint density at radius 1 is 1.39 bits per heavy atom. The lowest BCUT2D eigenvalue weighted by molar-refractivity contribution is 0.0932. The van der Waals surface area contributed by atoms with Crippen molar-refractivity contribution in [3.63, 3.8) is 0 Å². The van der Waals surface area contributed by atoms with Gasteiger partial charge in [0.1, 0.15) is 11.5 Å². The van der Waals surface area contributed by atoms with Crippen molar-refractivity contribution in [1.82, 2.24) is 15.3 Å². The molecule has 0 aliphatic heterocycles. The normalized spacial score (nSPS) is 22.8. The van der Waals surface area contributed by atoms with Crippen LogP contribution < -0.4 is 10.6 Å². The maximum absolute atomic E-state index is 12.0. The minimum Gasteiger partial charge on any atom is -0.372 e. The molecule has 0 radical (unpaired) electrons. The van der Waals surface area contributed by atoms with Crippen LogP contribution in [0.5, 0.6) is 0 Å². The summed E-state index contributed by atoms with van der Waals surface area (Å²) in [5.41, 5.74) is 0.376. The Labute approximate surface area is 111 Å². The summed E-state index contributed by atoms with van der Waals surface area (Å²) in [5.74, 6) is 0.534. The van der Waals surface area contributed by atoms with Crippen LogP contribution in [0.1, 0.15) is 29.8 Å². The molecule has 2 unspecified atom stereocenters. The van der Waals surface area contributed by atoms with Gasteiger partial charge in [0.15, 0.2) is 0 Å². The van der Waals surface area contributed by atoms with Crippen LogP contribution in [-0.4, -0.2) is 40.5 Å². The van der Waals surface area contributed by atoms with Gasteiger partial charge in [-0.3, -0.25) is 4.79 Å². The number of carbonyl (C=O) groups excluding carboxylic acids is 1. The number of rotatable bonds is 4. The fourth-order valence-electron chi connectivity index (χ4n) is 2.12. The van der Waals surface area contributed by atoms with Gasteiger partial charge in [-0.05, 0) is 25.5 Å². The number of hydrogen-bond donors (Lipinski definition) is 2. The summed E-state index contributed by atoms with van der Waals surface area (Å²) in [6.45, 7) is 0. The number of nitrogens with zero attached hydrogens (tertiary/aromatic N) is 2. The maximum Gasteiger partial charge on any atom is 0.271 e. The zero-order valence-corrected chi connectivity index (χ0v) is 11.5. The molecule has 0 bridgehead atoms. The first-order valence-corrected chi connectivity index (χ1v) is 7.35.